The quantitative estimate of drug-likeness (QED) is 0.717. The smallest absolute Gasteiger partial charge is 0.255 e. The van der Waals surface area contributed by atoms with Crippen molar-refractivity contribution in [2.75, 3.05) is 19.5 Å². The molecule has 1 aliphatic carbocycles. The van der Waals surface area contributed by atoms with Crippen molar-refractivity contribution < 1.29 is 22.7 Å². The lowest BCUT2D eigenvalue weighted by Crippen LogP contribution is -2.36. The molecule has 8 heteroatoms. The molecule has 0 heterocycles. The van der Waals surface area contributed by atoms with Crippen molar-refractivity contribution in [2.45, 2.75) is 43.0 Å². The molecule has 1 fully saturated rings. The first-order valence-corrected chi connectivity index (χ1v) is 11.1. The molecule has 1 saturated carbocycles. The predicted molar refractivity (Wildman–Crippen MR) is 111 cm³/mol. The van der Waals surface area contributed by atoms with Crippen LogP contribution >= 0.6 is 0 Å². The normalized spacial score (nSPS) is 15.0. The average Bonchev–Trinajstić information content (AvgIpc) is 2.73. The van der Waals surface area contributed by atoms with E-state index in [2.05, 4.69) is 10.0 Å². The highest BCUT2D eigenvalue weighted by Crippen LogP contribution is 2.27. The summed E-state index contributed by atoms with van der Waals surface area (Å²) in [4.78, 5) is 12.6. The van der Waals surface area contributed by atoms with Crippen LogP contribution in [0.5, 0.6) is 11.5 Å². The number of benzene rings is 2. The molecule has 2 aromatic carbocycles. The van der Waals surface area contributed by atoms with E-state index in [9.17, 15) is 13.2 Å². The van der Waals surface area contributed by atoms with Crippen LogP contribution in [0.3, 0.4) is 0 Å². The molecule has 0 radical (unpaired) electrons. The predicted octanol–water partition coefficient (Wildman–Crippen LogP) is 3.57. The zero-order valence-corrected chi connectivity index (χ0v) is 17.4. The van der Waals surface area contributed by atoms with E-state index in [1.54, 1.807) is 31.4 Å². The summed E-state index contributed by atoms with van der Waals surface area (Å²) in [5, 5.41) is 2.76. The number of carbonyl (C=O) groups excluding carboxylic acids is 1. The lowest BCUT2D eigenvalue weighted by Gasteiger charge is -2.23. The minimum Gasteiger partial charge on any atom is -0.497 e. The second-order valence-electron chi connectivity index (χ2n) is 7.01. The number of hydrogen-bond donors (Lipinski definition) is 2. The molecule has 0 atom stereocenters. The molecule has 2 N–H and O–H groups in total. The van der Waals surface area contributed by atoms with Gasteiger partial charge in [0.25, 0.3) is 5.91 Å². The Morgan fingerprint density at radius 3 is 2.45 bits per heavy atom. The van der Waals surface area contributed by atoms with E-state index in [0.29, 0.717) is 11.4 Å². The molecule has 0 spiro atoms. The average molecular weight is 419 g/mol. The van der Waals surface area contributed by atoms with E-state index < -0.39 is 15.9 Å². The van der Waals surface area contributed by atoms with Gasteiger partial charge in [-0.3, -0.25) is 4.79 Å². The second kappa shape index (κ2) is 9.28. The van der Waals surface area contributed by atoms with Crippen LogP contribution in [0.25, 0.3) is 0 Å². The number of ether oxygens (including phenoxy) is 2. The van der Waals surface area contributed by atoms with Crippen LogP contribution in [0.1, 0.15) is 42.5 Å². The first-order chi connectivity index (χ1) is 13.9. The summed E-state index contributed by atoms with van der Waals surface area (Å²) >= 11 is 0. The summed E-state index contributed by atoms with van der Waals surface area (Å²) in [7, 11) is -0.867. The number of carbonyl (C=O) groups is 1. The Morgan fingerprint density at radius 1 is 1.00 bits per heavy atom. The summed E-state index contributed by atoms with van der Waals surface area (Å²) in [6, 6.07) is 11.2. The van der Waals surface area contributed by atoms with Gasteiger partial charge in [-0.25, -0.2) is 13.1 Å². The number of nitrogens with one attached hydrogen (secondary N) is 2. The molecule has 0 saturated heterocycles. The summed E-state index contributed by atoms with van der Waals surface area (Å²) in [5.74, 6) is 0.388. The summed E-state index contributed by atoms with van der Waals surface area (Å²) in [6.07, 6.45) is 4.78. The Kier molecular flexibility index (Phi) is 6.76. The topological polar surface area (TPSA) is 93.7 Å². The zero-order chi connectivity index (χ0) is 20.9. The summed E-state index contributed by atoms with van der Waals surface area (Å²) < 4.78 is 39.1. The molecule has 2 aromatic rings. The van der Waals surface area contributed by atoms with E-state index in [1.807, 2.05) is 0 Å². The van der Waals surface area contributed by atoms with Gasteiger partial charge in [-0.05, 0) is 43.2 Å². The van der Waals surface area contributed by atoms with Crippen LogP contribution in [0.4, 0.5) is 5.69 Å². The van der Waals surface area contributed by atoms with Gasteiger partial charge >= 0.3 is 0 Å². The maximum atomic E-state index is 13.0. The molecular formula is C21H26N2O5S. The van der Waals surface area contributed by atoms with Crippen LogP contribution in [0.2, 0.25) is 0 Å². The maximum absolute atomic E-state index is 13.0. The number of hydrogen-bond acceptors (Lipinski definition) is 5. The lowest BCUT2D eigenvalue weighted by molar-refractivity contribution is 0.102. The molecule has 156 valence electrons. The molecule has 29 heavy (non-hydrogen) atoms. The van der Waals surface area contributed by atoms with Crippen molar-refractivity contribution in [2.24, 2.45) is 0 Å². The maximum Gasteiger partial charge on any atom is 0.255 e. The number of methoxy groups -OCH3 is 2. The molecule has 1 aliphatic rings. The van der Waals surface area contributed by atoms with Crippen LogP contribution in [-0.4, -0.2) is 34.6 Å². The van der Waals surface area contributed by atoms with Crippen LogP contribution in [-0.2, 0) is 10.0 Å². The Hall–Kier alpha value is -2.58. The van der Waals surface area contributed by atoms with Crippen molar-refractivity contribution in [3.63, 3.8) is 0 Å². The molecule has 3 rings (SSSR count). The number of amides is 1. The van der Waals surface area contributed by atoms with Crippen molar-refractivity contribution >= 4 is 21.6 Å². The van der Waals surface area contributed by atoms with E-state index in [0.717, 1.165) is 32.1 Å². The standard InChI is InChI=1S/C21H26N2O5S/c1-27-18-10-6-9-17(14-18)22-21(24)15-11-12-19(28-2)20(13-15)29(25,26)23-16-7-4-3-5-8-16/h6,9-14,16,23H,3-5,7-8H2,1-2H3,(H,22,24). The van der Waals surface area contributed by atoms with E-state index >= 15 is 0 Å². The van der Waals surface area contributed by atoms with Gasteiger partial charge in [0.05, 0.1) is 14.2 Å². The van der Waals surface area contributed by atoms with Gasteiger partial charge in [-0.15, -0.1) is 0 Å². The first kappa shape index (κ1) is 21.1. The lowest BCUT2D eigenvalue weighted by atomic mass is 9.96. The summed E-state index contributed by atoms with van der Waals surface area (Å²) in [6.45, 7) is 0. The van der Waals surface area contributed by atoms with Crippen LogP contribution in [0, 0.1) is 0 Å². The Bertz CT molecular complexity index is 969. The Balaban J connectivity index is 1.84. The van der Waals surface area contributed by atoms with Gasteiger partial charge in [-0.1, -0.05) is 25.3 Å². The molecule has 0 bridgehead atoms. The van der Waals surface area contributed by atoms with E-state index in [1.165, 1.54) is 25.3 Å². The van der Waals surface area contributed by atoms with Crippen LogP contribution in [0.15, 0.2) is 47.4 Å². The van der Waals surface area contributed by atoms with Gasteiger partial charge in [0.2, 0.25) is 10.0 Å². The fraction of sp³-hybridized carbons (Fsp3) is 0.381. The Morgan fingerprint density at radius 2 is 1.76 bits per heavy atom. The van der Waals surface area contributed by atoms with Crippen molar-refractivity contribution in [3.05, 3.63) is 48.0 Å². The molecule has 0 aromatic heterocycles. The monoisotopic (exact) mass is 418 g/mol. The highest BCUT2D eigenvalue weighted by atomic mass is 32.2. The van der Waals surface area contributed by atoms with Gasteiger partial charge in [0.1, 0.15) is 16.4 Å². The first-order valence-electron chi connectivity index (χ1n) is 9.59. The fourth-order valence-electron chi connectivity index (χ4n) is 3.44. The Labute approximate surface area is 171 Å². The largest absolute Gasteiger partial charge is 0.497 e. The minimum absolute atomic E-state index is 0.0381. The van der Waals surface area contributed by atoms with Crippen molar-refractivity contribution in [1.82, 2.24) is 4.72 Å². The SMILES string of the molecule is COc1cccc(NC(=O)c2ccc(OC)c(S(=O)(=O)NC3CCCCC3)c2)c1. The zero-order valence-electron chi connectivity index (χ0n) is 16.6. The third-order valence-corrected chi connectivity index (χ3v) is 6.51. The third-order valence-electron chi connectivity index (χ3n) is 4.97. The highest BCUT2D eigenvalue weighted by Gasteiger charge is 2.26. The molecule has 0 unspecified atom stereocenters. The third kappa shape index (κ3) is 5.27. The molecule has 0 aliphatic heterocycles. The van der Waals surface area contributed by atoms with Crippen molar-refractivity contribution in [1.29, 1.82) is 0 Å². The van der Waals surface area contributed by atoms with E-state index in [4.69, 9.17) is 9.47 Å². The van der Waals surface area contributed by atoms with Crippen LogP contribution < -0.4 is 19.5 Å². The molecule has 7 nitrogen and oxygen atoms in total. The van der Waals surface area contributed by atoms with Gasteiger partial charge in [-0.2, -0.15) is 0 Å². The fourth-order valence-corrected chi connectivity index (χ4v) is 4.94. The van der Waals surface area contributed by atoms with Gasteiger partial charge in [0, 0.05) is 23.4 Å². The van der Waals surface area contributed by atoms with Crippen molar-refractivity contribution in [3.8, 4) is 11.5 Å². The second-order valence-corrected chi connectivity index (χ2v) is 8.69. The number of anilines is 1. The number of sulfonamides is 1. The molecular weight excluding hydrogens is 392 g/mol. The molecule has 1 amide bonds. The van der Waals surface area contributed by atoms with E-state index in [-0.39, 0.29) is 22.3 Å². The minimum atomic E-state index is -3.82. The van der Waals surface area contributed by atoms with Gasteiger partial charge in [0.15, 0.2) is 0 Å². The van der Waals surface area contributed by atoms with Gasteiger partial charge < -0.3 is 14.8 Å². The number of rotatable bonds is 7. The highest BCUT2D eigenvalue weighted by molar-refractivity contribution is 7.89. The summed E-state index contributed by atoms with van der Waals surface area (Å²) in [5.41, 5.74) is 0.771.